The van der Waals surface area contributed by atoms with Gasteiger partial charge < -0.3 is 9.47 Å². The SMILES string of the molecule is CCn1c(C)cc([C@@H]2[C@@H](c3ccccn3)N=C3S[C@@H](C)CN32)c1C. The van der Waals surface area contributed by atoms with Crippen molar-refractivity contribution in [3.05, 3.63) is 53.1 Å². The highest BCUT2D eigenvalue weighted by Gasteiger charge is 2.44. The first-order valence-electron chi connectivity index (χ1n) is 8.68. The normalized spacial score (nSPS) is 25.9. The van der Waals surface area contributed by atoms with Gasteiger partial charge in [-0.15, -0.1) is 0 Å². The Balaban J connectivity index is 1.81. The second kappa shape index (κ2) is 5.96. The quantitative estimate of drug-likeness (QED) is 0.843. The average molecular weight is 340 g/mol. The van der Waals surface area contributed by atoms with Gasteiger partial charge in [-0.2, -0.15) is 0 Å². The van der Waals surface area contributed by atoms with Crippen molar-refractivity contribution in [3.8, 4) is 0 Å². The molecule has 3 atom stereocenters. The summed E-state index contributed by atoms with van der Waals surface area (Å²) in [7, 11) is 0. The smallest absolute Gasteiger partial charge is 0.160 e. The Morgan fingerprint density at radius 3 is 2.79 bits per heavy atom. The molecule has 0 amide bonds. The molecule has 0 aliphatic carbocycles. The summed E-state index contributed by atoms with van der Waals surface area (Å²) < 4.78 is 2.40. The molecule has 1 fully saturated rings. The summed E-state index contributed by atoms with van der Waals surface area (Å²) in [5.74, 6) is 0. The minimum absolute atomic E-state index is 0.0898. The van der Waals surface area contributed by atoms with Gasteiger partial charge in [-0.3, -0.25) is 9.98 Å². The van der Waals surface area contributed by atoms with Crippen molar-refractivity contribution in [1.29, 1.82) is 0 Å². The Bertz CT molecular complexity index is 780. The fraction of sp³-hybridized carbons (Fsp3) is 0.474. The zero-order valence-corrected chi connectivity index (χ0v) is 15.5. The number of hydrogen-bond donors (Lipinski definition) is 0. The maximum Gasteiger partial charge on any atom is 0.160 e. The highest BCUT2D eigenvalue weighted by Crippen LogP contribution is 2.48. The number of thioether (sulfide) groups is 1. The Labute approximate surface area is 148 Å². The van der Waals surface area contributed by atoms with E-state index in [4.69, 9.17) is 4.99 Å². The Morgan fingerprint density at radius 2 is 2.12 bits per heavy atom. The number of fused-ring (bicyclic) bond motifs is 1. The van der Waals surface area contributed by atoms with Gasteiger partial charge >= 0.3 is 0 Å². The van der Waals surface area contributed by atoms with E-state index < -0.39 is 0 Å². The van der Waals surface area contributed by atoms with Crippen LogP contribution in [0.2, 0.25) is 0 Å². The van der Waals surface area contributed by atoms with E-state index in [0.29, 0.717) is 5.25 Å². The van der Waals surface area contributed by atoms with Crippen LogP contribution < -0.4 is 0 Å². The lowest BCUT2D eigenvalue weighted by Crippen LogP contribution is -2.28. The number of pyridine rings is 1. The van der Waals surface area contributed by atoms with Crippen molar-refractivity contribution < 1.29 is 0 Å². The molecule has 4 rings (SSSR count). The van der Waals surface area contributed by atoms with Crippen LogP contribution in [0.3, 0.4) is 0 Å². The van der Waals surface area contributed by atoms with Crippen molar-refractivity contribution >= 4 is 16.9 Å². The van der Waals surface area contributed by atoms with Gasteiger partial charge in [0.25, 0.3) is 0 Å². The van der Waals surface area contributed by atoms with Crippen LogP contribution in [-0.2, 0) is 6.54 Å². The van der Waals surface area contributed by atoms with Crippen LogP contribution in [0.1, 0.15) is 48.6 Å². The molecule has 0 unspecified atom stereocenters. The first-order valence-corrected chi connectivity index (χ1v) is 9.56. The molecule has 0 spiro atoms. The maximum absolute atomic E-state index is 5.07. The number of nitrogens with zero attached hydrogens (tertiary/aromatic N) is 4. The van der Waals surface area contributed by atoms with Crippen LogP contribution in [0.25, 0.3) is 0 Å². The number of aliphatic imine (C=N–C) groups is 1. The summed E-state index contributed by atoms with van der Waals surface area (Å²) >= 11 is 1.90. The van der Waals surface area contributed by atoms with Crippen LogP contribution >= 0.6 is 11.8 Å². The van der Waals surface area contributed by atoms with Crippen molar-refractivity contribution in [2.24, 2.45) is 4.99 Å². The van der Waals surface area contributed by atoms with Gasteiger partial charge in [0.05, 0.1) is 11.7 Å². The predicted octanol–water partition coefficient (Wildman–Crippen LogP) is 4.11. The van der Waals surface area contributed by atoms with E-state index >= 15 is 0 Å². The van der Waals surface area contributed by atoms with Crippen LogP contribution in [0.15, 0.2) is 35.5 Å². The molecule has 0 bridgehead atoms. The van der Waals surface area contributed by atoms with Gasteiger partial charge in [0.15, 0.2) is 5.17 Å². The number of hydrogen-bond acceptors (Lipinski definition) is 4. The van der Waals surface area contributed by atoms with E-state index in [9.17, 15) is 0 Å². The van der Waals surface area contributed by atoms with Gasteiger partial charge in [-0.25, -0.2) is 0 Å². The fourth-order valence-corrected chi connectivity index (χ4v) is 5.16. The van der Waals surface area contributed by atoms with Crippen LogP contribution in [0, 0.1) is 13.8 Å². The van der Waals surface area contributed by atoms with Crippen molar-refractivity contribution in [2.75, 3.05) is 6.54 Å². The zero-order valence-electron chi connectivity index (χ0n) is 14.7. The fourth-order valence-electron chi connectivity index (χ4n) is 4.07. The summed E-state index contributed by atoms with van der Waals surface area (Å²) in [5.41, 5.74) is 5.16. The Kier molecular flexibility index (Phi) is 3.91. The molecule has 0 radical (unpaired) electrons. The van der Waals surface area contributed by atoms with Crippen molar-refractivity contribution in [3.63, 3.8) is 0 Å². The number of rotatable bonds is 3. The second-order valence-corrected chi connectivity index (χ2v) is 8.11. The molecule has 2 aromatic rings. The molecule has 2 aromatic heterocycles. The lowest BCUT2D eigenvalue weighted by molar-refractivity contribution is 0.320. The summed E-state index contributed by atoms with van der Waals surface area (Å²) in [5, 5.41) is 1.79. The molecule has 4 nitrogen and oxygen atoms in total. The molecule has 126 valence electrons. The first kappa shape index (κ1) is 15.8. The maximum atomic E-state index is 5.07. The molecular formula is C19H24N4S. The minimum Gasteiger partial charge on any atom is -0.349 e. The van der Waals surface area contributed by atoms with Crippen molar-refractivity contribution in [1.82, 2.24) is 14.5 Å². The van der Waals surface area contributed by atoms with E-state index in [1.54, 1.807) is 0 Å². The van der Waals surface area contributed by atoms with Gasteiger partial charge in [0, 0.05) is 35.9 Å². The molecule has 5 heteroatoms. The van der Waals surface area contributed by atoms with Gasteiger partial charge in [-0.1, -0.05) is 24.8 Å². The van der Waals surface area contributed by atoms with E-state index in [-0.39, 0.29) is 12.1 Å². The lowest BCUT2D eigenvalue weighted by Gasteiger charge is -2.27. The summed E-state index contributed by atoms with van der Waals surface area (Å²) in [6, 6.07) is 8.85. The van der Waals surface area contributed by atoms with Crippen molar-refractivity contribution in [2.45, 2.75) is 51.6 Å². The third-order valence-electron chi connectivity index (χ3n) is 5.13. The number of aromatic nitrogens is 2. The first-order chi connectivity index (χ1) is 11.6. The monoisotopic (exact) mass is 340 g/mol. The molecule has 1 saturated heterocycles. The molecule has 2 aliphatic heterocycles. The van der Waals surface area contributed by atoms with E-state index in [1.165, 1.54) is 22.1 Å². The topological polar surface area (TPSA) is 33.4 Å². The highest BCUT2D eigenvalue weighted by molar-refractivity contribution is 8.14. The van der Waals surface area contributed by atoms with Crippen LogP contribution in [-0.4, -0.2) is 31.4 Å². The zero-order chi connectivity index (χ0) is 16.8. The van der Waals surface area contributed by atoms with Gasteiger partial charge in [0.2, 0.25) is 0 Å². The second-order valence-electron chi connectivity index (χ2n) is 6.71. The van der Waals surface area contributed by atoms with Gasteiger partial charge in [0.1, 0.15) is 6.04 Å². The molecule has 24 heavy (non-hydrogen) atoms. The van der Waals surface area contributed by atoms with Gasteiger partial charge in [-0.05, 0) is 44.5 Å². The molecular weight excluding hydrogens is 316 g/mol. The highest BCUT2D eigenvalue weighted by atomic mass is 32.2. The van der Waals surface area contributed by atoms with Crippen LogP contribution in [0.4, 0.5) is 0 Å². The van der Waals surface area contributed by atoms with Crippen LogP contribution in [0.5, 0.6) is 0 Å². The predicted molar refractivity (Wildman–Crippen MR) is 100 cm³/mol. The van der Waals surface area contributed by atoms with E-state index in [0.717, 1.165) is 18.8 Å². The largest absolute Gasteiger partial charge is 0.349 e. The van der Waals surface area contributed by atoms with E-state index in [1.807, 2.05) is 24.0 Å². The summed E-state index contributed by atoms with van der Waals surface area (Å²) in [6.45, 7) is 11.0. The summed E-state index contributed by atoms with van der Waals surface area (Å²) in [6.07, 6.45) is 1.88. The molecule has 2 aliphatic rings. The molecule has 0 saturated carbocycles. The number of aryl methyl sites for hydroxylation is 1. The minimum atomic E-state index is 0.0898. The summed E-state index contributed by atoms with van der Waals surface area (Å²) in [4.78, 5) is 12.2. The average Bonchev–Trinajstić information content (AvgIpc) is 3.18. The third-order valence-corrected chi connectivity index (χ3v) is 6.23. The molecule has 4 heterocycles. The molecule has 0 aromatic carbocycles. The standard InChI is InChI=1S/C19H24N4S/c1-5-22-12(2)10-15(14(22)4)18-17(16-8-6-7-9-20-16)21-19-23(18)11-13(3)24-19/h6-10,13,17-18H,5,11H2,1-4H3/t13-,17+,18+/m0/s1. The molecule has 0 N–H and O–H groups in total. The Hall–Kier alpha value is -1.75. The Morgan fingerprint density at radius 1 is 1.29 bits per heavy atom. The van der Waals surface area contributed by atoms with E-state index in [2.05, 4.69) is 60.3 Å². The lowest BCUT2D eigenvalue weighted by atomic mass is 9.96. The number of amidine groups is 1. The third kappa shape index (κ3) is 2.37.